The molecule has 0 spiro atoms. The van der Waals surface area contributed by atoms with E-state index in [0.29, 0.717) is 43.8 Å². The molecule has 2 fully saturated rings. The van der Waals surface area contributed by atoms with Crippen LogP contribution in [0, 0.1) is 11.8 Å². The molecule has 1 aliphatic carbocycles. The summed E-state index contributed by atoms with van der Waals surface area (Å²) in [4.78, 5) is 16.4. The average Bonchev–Trinajstić information content (AvgIpc) is 3.33. The highest BCUT2D eigenvalue weighted by Crippen LogP contribution is 2.48. The van der Waals surface area contributed by atoms with Crippen LogP contribution in [0.5, 0.6) is 0 Å². The summed E-state index contributed by atoms with van der Waals surface area (Å²) < 4.78 is 45.5. The molecule has 2 N–H and O–H groups in total. The van der Waals surface area contributed by atoms with E-state index < -0.39 is 11.7 Å². The number of allylic oxidation sites excluding steroid dienone is 1. The van der Waals surface area contributed by atoms with Crippen LogP contribution in [-0.4, -0.2) is 48.3 Å². The van der Waals surface area contributed by atoms with Gasteiger partial charge in [0.25, 0.3) is 5.91 Å². The highest BCUT2D eigenvalue weighted by molar-refractivity contribution is 6.37. The number of carbonyl (C=O) groups is 1. The van der Waals surface area contributed by atoms with Gasteiger partial charge in [0.1, 0.15) is 5.76 Å². The molecule has 4 rings (SSSR count). The van der Waals surface area contributed by atoms with Crippen LogP contribution in [0.2, 0.25) is 0 Å². The molecule has 0 bridgehead atoms. The molecule has 2 aliphatic heterocycles. The Labute approximate surface area is 178 Å². The Morgan fingerprint density at radius 1 is 1.19 bits per heavy atom. The lowest BCUT2D eigenvalue weighted by atomic mass is 9.91. The predicted molar refractivity (Wildman–Crippen MR) is 110 cm³/mol. The molecule has 0 unspecified atom stereocenters. The van der Waals surface area contributed by atoms with Crippen LogP contribution >= 0.6 is 0 Å². The molecule has 0 aromatic heterocycles. The molecular formula is C22H25F3N4O2. The van der Waals surface area contributed by atoms with Gasteiger partial charge in [0.05, 0.1) is 12.7 Å². The number of hydrogen-bond acceptors (Lipinski definition) is 4. The lowest BCUT2D eigenvalue weighted by molar-refractivity contribution is -0.138. The van der Waals surface area contributed by atoms with Crippen molar-refractivity contribution in [3.05, 3.63) is 59.5 Å². The van der Waals surface area contributed by atoms with Gasteiger partial charge in [-0.3, -0.25) is 4.79 Å². The van der Waals surface area contributed by atoms with Crippen LogP contribution in [0.4, 0.5) is 13.2 Å². The van der Waals surface area contributed by atoms with Gasteiger partial charge in [-0.15, -0.1) is 0 Å². The van der Waals surface area contributed by atoms with E-state index in [4.69, 9.17) is 10.6 Å². The molecule has 166 valence electrons. The number of nitrogens with zero attached hydrogens (tertiary/aromatic N) is 3. The van der Waals surface area contributed by atoms with Crippen LogP contribution < -0.4 is 5.84 Å². The maximum Gasteiger partial charge on any atom is 0.416 e. The number of amides is 1. The van der Waals surface area contributed by atoms with E-state index >= 15 is 0 Å². The number of likely N-dealkylation sites (tertiary alicyclic amines) is 1. The van der Waals surface area contributed by atoms with E-state index in [2.05, 4.69) is 5.10 Å². The highest BCUT2D eigenvalue weighted by Gasteiger charge is 2.45. The quantitative estimate of drug-likeness (QED) is 0.336. The first kappa shape index (κ1) is 21.3. The number of rotatable bonds is 2. The first-order valence-electron chi connectivity index (χ1n) is 10.2. The zero-order chi connectivity index (χ0) is 22.2. The summed E-state index contributed by atoms with van der Waals surface area (Å²) in [7, 11) is 1.54. The van der Waals surface area contributed by atoms with Gasteiger partial charge in [-0.1, -0.05) is 24.3 Å². The topological polar surface area (TPSA) is 71.2 Å². The van der Waals surface area contributed by atoms with Crippen molar-refractivity contribution >= 4 is 11.7 Å². The normalized spacial score (nSPS) is 26.1. The summed E-state index contributed by atoms with van der Waals surface area (Å²) in [5.41, 5.74) is -0.187. The van der Waals surface area contributed by atoms with Crippen molar-refractivity contribution in [3.63, 3.8) is 0 Å². The second kappa shape index (κ2) is 8.28. The smallest absolute Gasteiger partial charge is 0.416 e. The number of hydrazone groups is 1. The molecule has 1 saturated heterocycles. The summed E-state index contributed by atoms with van der Waals surface area (Å²) in [6.45, 7) is 1.45. The van der Waals surface area contributed by atoms with Crippen LogP contribution in [0.1, 0.15) is 29.9 Å². The van der Waals surface area contributed by atoms with Crippen molar-refractivity contribution in [1.29, 1.82) is 0 Å². The Hall–Kier alpha value is -2.97. The Kier molecular flexibility index (Phi) is 5.68. The number of methoxy groups -OCH3 is 1. The Bertz CT molecular complexity index is 927. The van der Waals surface area contributed by atoms with Gasteiger partial charge in [0.2, 0.25) is 5.84 Å². The maximum atomic E-state index is 13.4. The minimum atomic E-state index is -4.36. The van der Waals surface area contributed by atoms with Crippen molar-refractivity contribution in [3.8, 4) is 0 Å². The lowest BCUT2D eigenvalue weighted by Crippen LogP contribution is -2.44. The molecule has 9 heteroatoms. The number of ether oxygens (including phenoxy) is 1. The van der Waals surface area contributed by atoms with E-state index in [9.17, 15) is 18.0 Å². The lowest BCUT2D eigenvalue weighted by Gasteiger charge is -2.27. The fraction of sp³-hybridized carbons (Fsp3) is 0.455. The number of hydrogen-bond donors (Lipinski definition) is 1. The molecule has 3 atom stereocenters. The first-order chi connectivity index (χ1) is 14.8. The minimum absolute atomic E-state index is 0.123. The average molecular weight is 434 g/mol. The summed E-state index contributed by atoms with van der Waals surface area (Å²) in [6, 6.07) is 5.82. The van der Waals surface area contributed by atoms with Gasteiger partial charge in [-0.25, -0.2) is 0 Å². The van der Waals surface area contributed by atoms with Crippen LogP contribution in [0.3, 0.4) is 0 Å². The number of benzene rings is 1. The van der Waals surface area contributed by atoms with Crippen LogP contribution in [0.25, 0.3) is 0 Å². The fourth-order valence-corrected chi connectivity index (χ4v) is 5.02. The third kappa shape index (κ3) is 4.13. The maximum absolute atomic E-state index is 13.4. The molecule has 0 radical (unpaired) electrons. The van der Waals surface area contributed by atoms with Crippen LogP contribution in [-0.2, 0) is 15.7 Å². The van der Waals surface area contributed by atoms with Crippen molar-refractivity contribution in [2.24, 2.45) is 22.8 Å². The fourth-order valence-electron chi connectivity index (χ4n) is 5.02. The van der Waals surface area contributed by atoms with Gasteiger partial charge >= 0.3 is 6.18 Å². The second-order valence-electron chi connectivity index (χ2n) is 8.23. The zero-order valence-corrected chi connectivity index (χ0v) is 17.2. The monoisotopic (exact) mass is 434 g/mol. The minimum Gasteiger partial charge on any atom is -0.495 e. The van der Waals surface area contributed by atoms with Gasteiger partial charge in [0, 0.05) is 25.8 Å². The Morgan fingerprint density at radius 3 is 2.48 bits per heavy atom. The third-order valence-corrected chi connectivity index (χ3v) is 6.43. The van der Waals surface area contributed by atoms with E-state index in [1.807, 2.05) is 6.08 Å². The van der Waals surface area contributed by atoms with E-state index in [0.717, 1.165) is 6.07 Å². The molecule has 2 heterocycles. The Morgan fingerprint density at radius 2 is 1.87 bits per heavy atom. The number of alkyl halides is 3. The third-order valence-electron chi connectivity index (χ3n) is 6.43. The summed E-state index contributed by atoms with van der Waals surface area (Å²) >= 11 is 0. The molecule has 3 aliphatic rings. The molecule has 1 saturated carbocycles. The predicted octanol–water partition coefficient (Wildman–Crippen LogP) is 3.29. The van der Waals surface area contributed by atoms with Gasteiger partial charge in [0.15, 0.2) is 0 Å². The second-order valence-corrected chi connectivity index (χ2v) is 8.23. The summed E-state index contributed by atoms with van der Waals surface area (Å²) in [5, 5.41) is 3.71. The largest absolute Gasteiger partial charge is 0.495 e. The molecule has 6 nitrogen and oxygen atoms in total. The van der Waals surface area contributed by atoms with Gasteiger partial charge in [-0.2, -0.15) is 18.3 Å². The number of amidine groups is 1. The summed E-state index contributed by atoms with van der Waals surface area (Å²) in [5.74, 6) is 6.16. The zero-order valence-electron chi connectivity index (χ0n) is 17.2. The van der Waals surface area contributed by atoms with E-state index in [1.54, 1.807) is 34.2 Å². The number of halogens is 3. The standard InChI is InChI=1S/C22H25F3N4O2/c1-31-17-5-4-8-28(13-17)20(27-26)21(30)29-11-15-9-14(10-16(15)12-29)18-6-2-3-7-19(18)22(23,24)25/h2-7,13-16H,8-12,26H2,1H3/t14-,15-,16+. The number of nitrogens with two attached hydrogens (primary N) is 1. The summed E-state index contributed by atoms with van der Waals surface area (Å²) in [6.07, 6.45) is 2.23. The molecule has 1 amide bonds. The van der Waals surface area contributed by atoms with Crippen molar-refractivity contribution in [2.75, 3.05) is 26.7 Å². The Balaban J connectivity index is 1.44. The molecule has 1 aromatic carbocycles. The van der Waals surface area contributed by atoms with E-state index in [-0.39, 0.29) is 29.5 Å². The number of carbonyl (C=O) groups excluding carboxylic acids is 1. The van der Waals surface area contributed by atoms with Gasteiger partial charge < -0.3 is 20.4 Å². The van der Waals surface area contributed by atoms with E-state index in [1.165, 1.54) is 13.2 Å². The van der Waals surface area contributed by atoms with Gasteiger partial charge in [-0.05, 0) is 48.3 Å². The SMILES string of the molecule is COC1=CN(C(=NN)C(=O)N2C[C@H]3C[C@@H](c4ccccc4C(F)(F)F)C[C@H]3C2)CC=C1. The van der Waals surface area contributed by atoms with Crippen molar-refractivity contribution in [1.82, 2.24) is 9.80 Å². The molecule has 1 aromatic rings. The van der Waals surface area contributed by atoms with Crippen LogP contribution in [0.15, 0.2) is 53.5 Å². The van der Waals surface area contributed by atoms with Crippen molar-refractivity contribution < 1.29 is 22.7 Å². The first-order valence-corrected chi connectivity index (χ1v) is 10.2. The number of fused-ring (bicyclic) bond motifs is 1. The molecule has 31 heavy (non-hydrogen) atoms. The highest BCUT2D eigenvalue weighted by atomic mass is 19.4. The molecular weight excluding hydrogens is 409 g/mol. The van der Waals surface area contributed by atoms with Crippen molar-refractivity contribution in [2.45, 2.75) is 24.9 Å².